The van der Waals surface area contributed by atoms with Crippen molar-refractivity contribution in [1.82, 2.24) is 0 Å². The lowest BCUT2D eigenvalue weighted by Crippen LogP contribution is -2.30. The first kappa shape index (κ1) is 90.1. The Balaban J connectivity index is 5.23. The van der Waals surface area contributed by atoms with Crippen molar-refractivity contribution in [3.05, 3.63) is 0 Å². The highest BCUT2D eigenvalue weighted by atomic mass is 31.2. The number of hydrogen-bond acceptors (Lipinski definition) is 15. The number of carbonyl (C=O) groups excluding carboxylic acids is 4. The van der Waals surface area contributed by atoms with Crippen LogP contribution in [0, 0.1) is 11.8 Å². The predicted octanol–water partition coefficient (Wildman–Crippen LogP) is 21.2. The highest BCUT2D eigenvalue weighted by molar-refractivity contribution is 7.47. The molecule has 0 aromatic heterocycles. The average Bonchev–Trinajstić information content (AvgIpc) is 3.64. The van der Waals surface area contributed by atoms with Crippen LogP contribution in [0.5, 0.6) is 0 Å². The first-order valence-electron chi connectivity index (χ1n) is 38.0. The molecule has 0 bridgehead atoms. The van der Waals surface area contributed by atoms with Crippen LogP contribution in [-0.4, -0.2) is 96.7 Å². The van der Waals surface area contributed by atoms with Crippen molar-refractivity contribution in [2.75, 3.05) is 39.6 Å². The molecule has 19 heteroatoms. The van der Waals surface area contributed by atoms with Crippen molar-refractivity contribution in [3.63, 3.8) is 0 Å². The van der Waals surface area contributed by atoms with Gasteiger partial charge in [-0.3, -0.25) is 37.3 Å². The lowest BCUT2D eigenvalue weighted by molar-refractivity contribution is -0.161. The van der Waals surface area contributed by atoms with Crippen molar-refractivity contribution < 1.29 is 80.2 Å². The Bertz CT molecular complexity index is 1790. The molecule has 0 aliphatic heterocycles. The topological polar surface area (TPSA) is 237 Å². The van der Waals surface area contributed by atoms with Gasteiger partial charge in [-0.15, -0.1) is 0 Å². The summed E-state index contributed by atoms with van der Waals surface area (Å²) in [5, 5.41) is 10.6. The van der Waals surface area contributed by atoms with Gasteiger partial charge in [0.15, 0.2) is 12.2 Å². The lowest BCUT2D eigenvalue weighted by Gasteiger charge is -2.21. The summed E-state index contributed by atoms with van der Waals surface area (Å²) in [7, 11) is -9.90. The summed E-state index contributed by atoms with van der Waals surface area (Å²) in [6.45, 7) is 9.52. The van der Waals surface area contributed by atoms with Crippen LogP contribution in [0.25, 0.3) is 0 Å². The van der Waals surface area contributed by atoms with Gasteiger partial charge in [0.2, 0.25) is 0 Å². The van der Waals surface area contributed by atoms with Gasteiger partial charge in [0.1, 0.15) is 19.3 Å². The highest BCUT2D eigenvalue weighted by Crippen LogP contribution is 2.45. The lowest BCUT2D eigenvalue weighted by atomic mass is 10.0. The third-order valence-electron chi connectivity index (χ3n) is 17.0. The predicted molar refractivity (Wildman–Crippen MR) is 372 cm³/mol. The number of rotatable bonds is 72. The molecule has 546 valence electrons. The van der Waals surface area contributed by atoms with E-state index in [9.17, 15) is 43.2 Å². The van der Waals surface area contributed by atoms with Crippen LogP contribution in [0.4, 0.5) is 0 Å². The fraction of sp³-hybridized carbons (Fsp3) is 0.945. The minimum atomic E-state index is -4.95. The quantitative estimate of drug-likeness (QED) is 0.0222. The Kier molecular flexibility index (Phi) is 63.7. The summed E-state index contributed by atoms with van der Waals surface area (Å²) in [6, 6.07) is 0. The summed E-state index contributed by atoms with van der Waals surface area (Å²) in [4.78, 5) is 72.6. The van der Waals surface area contributed by atoms with Crippen molar-refractivity contribution in [1.29, 1.82) is 0 Å². The van der Waals surface area contributed by atoms with Gasteiger partial charge in [0, 0.05) is 25.7 Å². The standard InChI is InChI=1S/C73H142O17P2/c1-7-9-11-13-15-17-19-20-21-22-25-28-32-38-44-50-56-71(76)84-61-68(89-72(77)57-51-45-39-33-29-26-23-24-27-30-35-41-47-53-65(3)4)63-87-91(79,80)85-59-67(74)60-86-92(81,82)88-64-69(90-73(78)58-52-46-40-34-36-42-48-54-66(5)6)62-83-70(75)55-49-43-37-31-18-16-14-12-10-8-2/h65-69,74H,7-64H2,1-6H3,(H,79,80)(H,81,82)/t67-,68-,69-/m1/s1. The number of esters is 4. The largest absolute Gasteiger partial charge is 0.472 e. The zero-order chi connectivity index (χ0) is 67.9. The van der Waals surface area contributed by atoms with Crippen molar-refractivity contribution in [3.8, 4) is 0 Å². The molecule has 92 heavy (non-hydrogen) atoms. The molecule has 17 nitrogen and oxygen atoms in total. The number of phosphoric acid groups is 2. The number of ether oxygens (including phenoxy) is 4. The van der Waals surface area contributed by atoms with Gasteiger partial charge in [-0.1, -0.05) is 324 Å². The van der Waals surface area contributed by atoms with Crippen molar-refractivity contribution in [2.45, 2.75) is 394 Å². The summed E-state index contributed by atoms with van der Waals surface area (Å²) < 4.78 is 68.4. The maximum absolute atomic E-state index is 13.1. The third kappa shape index (κ3) is 66.7. The van der Waals surface area contributed by atoms with Crippen LogP contribution in [0.3, 0.4) is 0 Å². The number of unbranched alkanes of at least 4 members (excludes halogenated alkanes) is 42. The van der Waals surface area contributed by atoms with Gasteiger partial charge < -0.3 is 33.8 Å². The fourth-order valence-electron chi connectivity index (χ4n) is 11.1. The molecule has 0 saturated heterocycles. The maximum atomic E-state index is 13.1. The van der Waals surface area contributed by atoms with E-state index in [1.807, 2.05) is 0 Å². The van der Waals surface area contributed by atoms with E-state index in [0.29, 0.717) is 31.6 Å². The van der Waals surface area contributed by atoms with E-state index in [0.717, 1.165) is 95.8 Å². The molecule has 2 unspecified atom stereocenters. The van der Waals surface area contributed by atoms with E-state index in [1.54, 1.807) is 0 Å². The SMILES string of the molecule is CCCCCCCCCCCCCCCCCCC(=O)OC[C@H](COP(=O)(O)OC[C@@H](O)COP(=O)(O)OC[C@@H](COC(=O)CCCCCCCCCCCC)OC(=O)CCCCCCCCCC(C)C)OC(=O)CCCCCCCCCCCCCCCC(C)C. The van der Waals surface area contributed by atoms with Gasteiger partial charge in [-0.25, -0.2) is 9.13 Å². The fourth-order valence-corrected chi connectivity index (χ4v) is 12.7. The van der Waals surface area contributed by atoms with Crippen LogP contribution in [0.2, 0.25) is 0 Å². The molecule has 0 aromatic rings. The first-order valence-corrected chi connectivity index (χ1v) is 41.0. The van der Waals surface area contributed by atoms with Gasteiger partial charge in [-0.05, 0) is 37.5 Å². The van der Waals surface area contributed by atoms with E-state index < -0.39 is 97.5 Å². The number of aliphatic hydroxyl groups is 1. The molecular formula is C73H142O17P2. The number of phosphoric ester groups is 2. The van der Waals surface area contributed by atoms with E-state index in [4.69, 9.17) is 37.0 Å². The summed E-state index contributed by atoms with van der Waals surface area (Å²) in [6.07, 6.45) is 51.4. The smallest absolute Gasteiger partial charge is 0.462 e. The number of hydrogen-bond donors (Lipinski definition) is 3. The third-order valence-corrected chi connectivity index (χ3v) is 18.9. The first-order chi connectivity index (χ1) is 44.4. The summed E-state index contributed by atoms with van der Waals surface area (Å²) >= 11 is 0. The minimum Gasteiger partial charge on any atom is -0.462 e. The number of aliphatic hydroxyl groups excluding tert-OH is 1. The molecule has 0 radical (unpaired) electrons. The summed E-state index contributed by atoms with van der Waals surface area (Å²) in [5.41, 5.74) is 0. The van der Waals surface area contributed by atoms with Gasteiger partial charge in [0.05, 0.1) is 26.4 Å². The molecule has 0 amide bonds. The summed E-state index contributed by atoms with van der Waals surface area (Å²) in [5.74, 6) is -0.639. The molecule has 3 N–H and O–H groups in total. The molecule has 0 saturated carbocycles. The Morgan fingerprint density at radius 2 is 0.500 bits per heavy atom. The Hall–Kier alpha value is -1.94. The molecule has 0 aliphatic carbocycles. The zero-order valence-corrected chi connectivity index (χ0v) is 61.6. The molecule has 0 spiro atoms. The van der Waals surface area contributed by atoms with E-state index >= 15 is 0 Å². The second kappa shape index (κ2) is 65.0. The van der Waals surface area contributed by atoms with Gasteiger partial charge in [0.25, 0.3) is 0 Å². The second-order valence-electron chi connectivity index (χ2n) is 27.3. The van der Waals surface area contributed by atoms with Gasteiger partial charge >= 0.3 is 39.5 Å². The number of carbonyl (C=O) groups is 4. The average molecular weight is 1350 g/mol. The monoisotopic (exact) mass is 1350 g/mol. The molecule has 0 heterocycles. The molecule has 0 fully saturated rings. The minimum absolute atomic E-state index is 0.104. The molecule has 0 aromatic carbocycles. The maximum Gasteiger partial charge on any atom is 0.472 e. The molecule has 0 aliphatic rings. The molecule has 5 atom stereocenters. The van der Waals surface area contributed by atoms with Crippen LogP contribution >= 0.6 is 15.6 Å². The van der Waals surface area contributed by atoms with Crippen LogP contribution in [0.1, 0.15) is 375 Å². The Labute approximate surface area is 562 Å². The Morgan fingerprint density at radius 1 is 0.293 bits per heavy atom. The van der Waals surface area contributed by atoms with E-state index in [-0.39, 0.29) is 25.7 Å². The molecule has 0 rings (SSSR count). The van der Waals surface area contributed by atoms with E-state index in [2.05, 4.69) is 41.5 Å². The highest BCUT2D eigenvalue weighted by Gasteiger charge is 2.30. The zero-order valence-electron chi connectivity index (χ0n) is 59.9. The van der Waals surface area contributed by atoms with Crippen LogP contribution < -0.4 is 0 Å². The van der Waals surface area contributed by atoms with Crippen molar-refractivity contribution >= 4 is 39.5 Å². The normalized spacial score (nSPS) is 14.1. The van der Waals surface area contributed by atoms with Gasteiger partial charge in [-0.2, -0.15) is 0 Å². The van der Waals surface area contributed by atoms with Crippen LogP contribution in [-0.2, 0) is 65.4 Å². The van der Waals surface area contributed by atoms with Crippen molar-refractivity contribution in [2.24, 2.45) is 11.8 Å². The second-order valence-corrected chi connectivity index (χ2v) is 30.2. The molecular weight excluding hydrogens is 1210 g/mol. The van der Waals surface area contributed by atoms with Crippen LogP contribution in [0.15, 0.2) is 0 Å². The van der Waals surface area contributed by atoms with E-state index in [1.165, 1.54) is 193 Å². The Morgan fingerprint density at radius 3 is 0.739 bits per heavy atom.